The molecule has 78 valence electrons. The maximum atomic E-state index is 5.52. The maximum absolute atomic E-state index is 5.52. The molecule has 1 aliphatic heterocycles. The van der Waals surface area contributed by atoms with Crippen LogP contribution in [0.2, 0.25) is 0 Å². The fourth-order valence-electron chi connectivity index (χ4n) is 1.85. The Hall–Kier alpha value is -2.09. The van der Waals surface area contributed by atoms with Gasteiger partial charge in [-0.2, -0.15) is 0 Å². The summed E-state index contributed by atoms with van der Waals surface area (Å²) in [7, 11) is 0. The molecule has 0 spiro atoms. The van der Waals surface area contributed by atoms with Gasteiger partial charge in [-0.05, 0) is 41.5 Å². The van der Waals surface area contributed by atoms with E-state index in [0.29, 0.717) is 6.61 Å². The fourth-order valence-corrected chi connectivity index (χ4v) is 1.85. The van der Waals surface area contributed by atoms with Crippen LogP contribution in [0.3, 0.4) is 0 Å². The number of aromatic nitrogens is 1. The van der Waals surface area contributed by atoms with Gasteiger partial charge in [-0.1, -0.05) is 12.1 Å². The summed E-state index contributed by atoms with van der Waals surface area (Å²) < 4.78 is 5.52. The van der Waals surface area contributed by atoms with E-state index in [-0.39, 0.29) is 0 Å². The van der Waals surface area contributed by atoms with Gasteiger partial charge in [0.2, 0.25) is 0 Å². The van der Waals surface area contributed by atoms with E-state index in [0.717, 1.165) is 11.3 Å². The lowest BCUT2D eigenvalue weighted by Crippen LogP contribution is -1.99. The van der Waals surface area contributed by atoms with Gasteiger partial charge >= 0.3 is 0 Å². The summed E-state index contributed by atoms with van der Waals surface area (Å²) in [5.41, 5.74) is 3.51. The summed E-state index contributed by atoms with van der Waals surface area (Å²) in [6.07, 6.45) is 7.74. The topological polar surface area (TPSA) is 22.1 Å². The molecule has 0 fully saturated rings. The van der Waals surface area contributed by atoms with E-state index in [9.17, 15) is 0 Å². The number of benzene rings is 1. The molecular formula is C14H11NO. The molecule has 2 heterocycles. The molecule has 1 aromatic heterocycles. The molecule has 0 radical (unpaired) electrons. The summed E-state index contributed by atoms with van der Waals surface area (Å²) in [6.45, 7) is 0.668. The highest BCUT2D eigenvalue weighted by molar-refractivity contribution is 5.70. The number of ether oxygens (including phenoxy) is 1. The van der Waals surface area contributed by atoms with E-state index >= 15 is 0 Å². The Morgan fingerprint density at radius 3 is 2.75 bits per heavy atom. The van der Waals surface area contributed by atoms with Crippen molar-refractivity contribution in [3.63, 3.8) is 0 Å². The van der Waals surface area contributed by atoms with Crippen molar-refractivity contribution in [2.45, 2.75) is 0 Å². The quantitative estimate of drug-likeness (QED) is 0.719. The van der Waals surface area contributed by atoms with Gasteiger partial charge in [0.15, 0.2) is 0 Å². The van der Waals surface area contributed by atoms with Crippen LogP contribution < -0.4 is 4.74 Å². The number of fused-ring (bicyclic) bond motifs is 1. The van der Waals surface area contributed by atoms with Crippen LogP contribution in [0.4, 0.5) is 0 Å². The van der Waals surface area contributed by atoms with Gasteiger partial charge in [-0.3, -0.25) is 4.98 Å². The van der Waals surface area contributed by atoms with E-state index in [1.807, 2.05) is 24.3 Å². The minimum Gasteiger partial charge on any atom is -0.489 e. The predicted octanol–water partition coefficient (Wildman–Crippen LogP) is 3.15. The van der Waals surface area contributed by atoms with Crippen molar-refractivity contribution in [2.75, 3.05) is 6.61 Å². The van der Waals surface area contributed by atoms with Crippen molar-refractivity contribution >= 4 is 6.08 Å². The van der Waals surface area contributed by atoms with Gasteiger partial charge in [0.1, 0.15) is 12.4 Å². The minimum absolute atomic E-state index is 0.668. The largest absolute Gasteiger partial charge is 0.489 e. The van der Waals surface area contributed by atoms with E-state index < -0.39 is 0 Å². The van der Waals surface area contributed by atoms with E-state index in [4.69, 9.17) is 4.74 Å². The van der Waals surface area contributed by atoms with Crippen molar-refractivity contribution < 1.29 is 4.74 Å². The molecule has 3 rings (SSSR count). The Morgan fingerprint density at radius 2 is 1.88 bits per heavy atom. The van der Waals surface area contributed by atoms with Crippen molar-refractivity contribution in [3.8, 4) is 16.9 Å². The highest BCUT2D eigenvalue weighted by Gasteiger charge is 2.06. The third-order valence-electron chi connectivity index (χ3n) is 2.66. The van der Waals surface area contributed by atoms with Gasteiger partial charge in [0.05, 0.1) is 0 Å². The van der Waals surface area contributed by atoms with Gasteiger partial charge in [0.25, 0.3) is 0 Å². The Morgan fingerprint density at radius 1 is 1.00 bits per heavy atom. The first kappa shape index (κ1) is 9.16. The molecule has 1 aromatic carbocycles. The molecule has 2 nitrogen and oxygen atoms in total. The van der Waals surface area contributed by atoms with Crippen LogP contribution in [-0.4, -0.2) is 11.6 Å². The van der Waals surface area contributed by atoms with Crippen LogP contribution in [0, 0.1) is 0 Å². The molecule has 2 aromatic rings. The average Bonchev–Trinajstić information content (AvgIpc) is 2.39. The lowest BCUT2D eigenvalue weighted by molar-refractivity contribution is 0.358. The van der Waals surface area contributed by atoms with Crippen molar-refractivity contribution in [1.82, 2.24) is 4.98 Å². The third kappa shape index (κ3) is 1.58. The highest BCUT2D eigenvalue weighted by Crippen LogP contribution is 2.29. The lowest BCUT2D eigenvalue weighted by Gasteiger charge is -2.13. The van der Waals surface area contributed by atoms with Crippen LogP contribution in [-0.2, 0) is 0 Å². The number of hydrogen-bond donors (Lipinski definition) is 0. The monoisotopic (exact) mass is 209 g/mol. The number of pyridine rings is 1. The Bertz CT molecular complexity index is 532. The van der Waals surface area contributed by atoms with E-state index in [2.05, 4.69) is 23.2 Å². The first-order chi connectivity index (χ1) is 7.93. The van der Waals surface area contributed by atoms with Crippen molar-refractivity contribution in [1.29, 1.82) is 0 Å². The zero-order valence-electron chi connectivity index (χ0n) is 8.76. The van der Waals surface area contributed by atoms with Gasteiger partial charge in [-0.25, -0.2) is 0 Å². The number of rotatable bonds is 1. The second kappa shape index (κ2) is 3.81. The zero-order chi connectivity index (χ0) is 10.8. The molecule has 0 aliphatic carbocycles. The van der Waals surface area contributed by atoms with E-state index in [1.165, 1.54) is 11.1 Å². The molecule has 0 amide bonds. The van der Waals surface area contributed by atoms with E-state index in [1.54, 1.807) is 12.4 Å². The minimum atomic E-state index is 0.668. The summed E-state index contributed by atoms with van der Waals surface area (Å²) in [5.74, 6) is 0.959. The predicted molar refractivity (Wildman–Crippen MR) is 64.2 cm³/mol. The SMILES string of the molecule is C1=Cc2cc(-c3ccncc3)ccc2OC1. The number of nitrogens with zero attached hydrogens (tertiary/aromatic N) is 1. The van der Waals surface area contributed by atoms with Crippen LogP contribution >= 0.6 is 0 Å². The Kier molecular flexibility index (Phi) is 2.18. The van der Waals surface area contributed by atoms with Gasteiger partial charge < -0.3 is 4.74 Å². The zero-order valence-corrected chi connectivity index (χ0v) is 8.76. The standard InChI is InChI=1S/C14H11NO/c1-2-13-10-12(3-4-14(13)16-9-1)11-5-7-15-8-6-11/h1-8,10H,9H2. The summed E-state index contributed by atoms with van der Waals surface area (Å²) >= 11 is 0. The second-order valence-electron chi connectivity index (χ2n) is 3.70. The average molecular weight is 209 g/mol. The normalized spacial score (nSPS) is 13.0. The molecule has 1 aliphatic rings. The van der Waals surface area contributed by atoms with Crippen LogP contribution in [0.15, 0.2) is 48.8 Å². The molecule has 0 saturated carbocycles. The highest BCUT2D eigenvalue weighted by atomic mass is 16.5. The molecular weight excluding hydrogens is 198 g/mol. The molecule has 2 heteroatoms. The Balaban J connectivity index is 2.08. The maximum Gasteiger partial charge on any atom is 0.127 e. The molecule has 0 N–H and O–H groups in total. The summed E-state index contributed by atoms with van der Waals surface area (Å²) in [6, 6.07) is 10.3. The van der Waals surface area contributed by atoms with Crippen molar-refractivity contribution in [3.05, 3.63) is 54.4 Å². The van der Waals surface area contributed by atoms with Crippen LogP contribution in [0.25, 0.3) is 17.2 Å². The molecule has 0 bridgehead atoms. The first-order valence-corrected chi connectivity index (χ1v) is 5.27. The number of hydrogen-bond acceptors (Lipinski definition) is 2. The lowest BCUT2D eigenvalue weighted by atomic mass is 10.0. The first-order valence-electron chi connectivity index (χ1n) is 5.27. The molecule has 0 saturated heterocycles. The van der Waals surface area contributed by atoms with Crippen LogP contribution in [0.5, 0.6) is 5.75 Å². The molecule has 0 atom stereocenters. The smallest absolute Gasteiger partial charge is 0.127 e. The second-order valence-corrected chi connectivity index (χ2v) is 3.70. The van der Waals surface area contributed by atoms with Gasteiger partial charge in [0, 0.05) is 18.0 Å². The van der Waals surface area contributed by atoms with Crippen molar-refractivity contribution in [2.24, 2.45) is 0 Å². The summed E-state index contributed by atoms with van der Waals surface area (Å²) in [5, 5.41) is 0. The van der Waals surface area contributed by atoms with Gasteiger partial charge in [-0.15, -0.1) is 0 Å². The Labute approximate surface area is 94.2 Å². The summed E-state index contributed by atoms with van der Waals surface area (Å²) in [4.78, 5) is 4.02. The van der Waals surface area contributed by atoms with Crippen LogP contribution in [0.1, 0.15) is 5.56 Å². The molecule has 0 unspecified atom stereocenters. The molecule has 16 heavy (non-hydrogen) atoms. The third-order valence-corrected chi connectivity index (χ3v) is 2.66. The fraction of sp³-hybridized carbons (Fsp3) is 0.0714.